The molecule has 0 bridgehead atoms. The lowest BCUT2D eigenvalue weighted by Gasteiger charge is -2.46. The molecule has 1 spiro atoms. The van der Waals surface area contributed by atoms with Crippen molar-refractivity contribution in [3.05, 3.63) is 71.5 Å². The molecule has 1 saturated heterocycles. The van der Waals surface area contributed by atoms with Gasteiger partial charge in [0.1, 0.15) is 5.54 Å². The molecule has 2 aliphatic rings. The van der Waals surface area contributed by atoms with Crippen LogP contribution in [-0.4, -0.2) is 34.4 Å². The van der Waals surface area contributed by atoms with E-state index in [0.717, 1.165) is 16.3 Å². The van der Waals surface area contributed by atoms with E-state index in [1.807, 2.05) is 48.5 Å². The molecule has 6 heteroatoms. The van der Waals surface area contributed by atoms with Gasteiger partial charge < -0.3 is 4.90 Å². The number of carbonyl (C=O) groups excluding carboxylic acids is 2. The molecule has 0 unspecified atom stereocenters. The van der Waals surface area contributed by atoms with Crippen molar-refractivity contribution in [3.8, 4) is 0 Å². The average Bonchev–Trinajstić information content (AvgIpc) is 2.87. The monoisotopic (exact) mass is 391 g/mol. The van der Waals surface area contributed by atoms with Gasteiger partial charge in [-0.05, 0) is 30.4 Å². The van der Waals surface area contributed by atoms with Gasteiger partial charge in [0.05, 0.1) is 11.9 Å². The number of likely N-dealkylation sites (N-methyl/N-ethyl adjacent to an activating group) is 1. The molecule has 140 valence electrons. The van der Waals surface area contributed by atoms with Crippen molar-refractivity contribution in [2.24, 2.45) is 0 Å². The normalized spacial score (nSPS) is 24.3. The van der Waals surface area contributed by atoms with Crippen LogP contribution in [0.3, 0.4) is 0 Å². The Morgan fingerprint density at radius 1 is 1.04 bits per heavy atom. The third-order valence-corrected chi connectivity index (χ3v) is 6.47. The number of hydrogen-bond donors (Lipinski definition) is 0. The van der Waals surface area contributed by atoms with E-state index in [9.17, 15) is 9.59 Å². The molecule has 2 heterocycles. The summed E-state index contributed by atoms with van der Waals surface area (Å²) in [6, 6.07) is 15.0. The van der Waals surface area contributed by atoms with Crippen LogP contribution in [0.25, 0.3) is 10.8 Å². The Labute approximate surface area is 167 Å². The molecule has 1 saturated carbocycles. The lowest BCUT2D eigenvalue weighted by molar-refractivity contribution is -0.129. The van der Waals surface area contributed by atoms with E-state index in [1.54, 1.807) is 24.3 Å². The first-order valence-electron chi connectivity index (χ1n) is 9.22. The summed E-state index contributed by atoms with van der Waals surface area (Å²) in [5, 5.41) is 2.44. The van der Waals surface area contributed by atoms with Gasteiger partial charge in [-0.1, -0.05) is 54.1 Å². The Morgan fingerprint density at radius 2 is 1.75 bits per heavy atom. The van der Waals surface area contributed by atoms with Crippen molar-refractivity contribution in [3.63, 3.8) is 0 Å². The number of hydrogen-bond acceptors (Lipinski definition) is 3. The summed E-state index contributed by atoms with van der Waals surface area (Å²) >= 11 is 6.33. The largest absolute Gasteiger partial charge is 0.332 e. The van der Waals surface area contributed by atoms with Gasteiger partial charge in [-0.15, -0.1) is 0 Å². The first kappa shape index (κ1) is 17.2. The molecule has 5 nitrogen and oxygen atoms in total. The molecule has 1 aromatic heterocycles. The van der Waals surface area contributed by atoms with E-state index in [1.165, 1.54) is 4.90 Å². The summed E-state index contributed by atoms with van der Waals surface area (Å²) in [7, 11) is 1.71. The third-order valence-electron chi connectivity index (χ3n) is 6.12. The summed E-state index contributed by atoms with van der Waals surface area (Å²) in [6.07, 6.45) is 4.48. The fourth-order valence-electron chi connectivity index (χ4n) is 4.49. The highest BCUT2D eigenvalue weighted by atomic mass is 35.5. The number of pyridine rings is 1. The number of halogens is 1. The first-order valence-corrected chi connectivity index (χ1v) is 9.60. The molecule has 1 aliphatic carbocycles. The quantitative estimate of drug-likeness (QED) is 0.600. The minimum atomic E-state index is -0.808. The smallest absolute Gasteiger partial charge is 0.312 e. The second-order valence-electron chi connectivity index (χ2n) is 7.52. The molecule has 0 N–H and O–H groups in total. The van der Waals surface area contributed by atoms with Crippen molar-refractivity contribution >= 4 is 40.0 Å². The van der Waals surface area contributed by atoms with Crippen molar-refractivity contribution < 1.29 is 9.59 Å². The zero-order chi connectivity index (χ0) is 19.5. The van der Waals surface area contributed by atoms with Crippen molar-refractivity contribution in [1.29, 1.82) is 0 Å². The second-order valence-corrected chi connectivity index (χ2v) is 7.93. The number of carbonyl (C=O) groups is 2. The van der Waals surface area contributed by atoms with Gasteiger partial charge >= 0.3 is 6.03 Å². The van der Waals surface area contributed by atoms with Gasteiger partial charge in [0, 0.05) is 29.0 Å². The maximum atomic E-state index is 13.4. The van der Waals surface area contributed by atoms with Crippen LogP contribution in [0.2, 0.25) is 5.02 Å². The predicted molar refractivity (Wildman–Crippen MR) is 109 cm³/mol. The van der Waals surface area contributed by atoms with E-state index >= 15 is 0 Å². The van der Waals surface area contributed by atoms with Gasteiger partial charge in [-0.2, -0.15) is 0 Å². The lowest BCUT2D eigenvalue weighted by atomic mass is 9.65. The van der Waals surface area contributed by atoms with Crippen LogP contribution >= 0.6 is 11.6 Å². The fourth-order valence-corrected chi connectivity index (χ4v) is 4.78. The molecule has 2 fully saturated rings. The molecule has 1 aliphatic heterocycles. The number of aromatic nitrogens is 1. The Balaban J connectivity index is 1.52. The standard InChI is InChI=1S/C22H18ClN3O2/c1-25-21(28)26(19-13-24-12-14-6-2-3-8-17(14)19)20(27)22(25)10-15(11-22)16-7-4-5-9-18(16)23/h2-9,12-13,15H,10-11H2,1H3. The first-order chi connectivity index (χ1) is 13.5. The average molecular weight is 392 g/mol. The van der Waals surface area contributed by atoms with Crippen LogP contribution < -0.4 is 4.90 Å². The summed E-state index contributed by atoms with van der Waals surface area (Å²) < 4.78 is 0. The summed E-state index contributed by atoms with van der Waals surface area (Å²) in [6.45, 7) is 0. The molecule has 28 heavy (non-hydrogen) atoms. The SMILES string of the molecule is CN1C(=O)N(c2cncc3ccccc23)C(=O)C12CC(c1ccccc1Cl)C2. The summed E-state index contributed by atoms with van der Waals surface area (Å²) in [5.41, 5.74) is 0.768. The maximum Gasteiger partial charge on any atom is 0.332 e. The van der Waals surface area contributed by atoms with Crippen LogP contribution in [0.5, 0.6) is 0 Å². The second kappa shape index (κ2) is 6.04. The molecule has 3 amide bonds. The fraction of sp³-hybridized carbons (Fsp3) is 0.227. The van der Waals surface area contributed by atoms with Crippen molar-refractivity contribution in [2.75, 3.05) is 11.9 Å². The Bertz CT molecular complexity index is 1120. The topological polar surface area (TPSA) is 53.5 Å². The molecule has 5 rings (SSSR count). The van der Waals surface area contributed by atoms with Crippen molar-refractivity contribution in [1.82, 2.24) is 9.88 Å². The van der Waals surface area contributed by atoms with E-state index in [0.29, 0.717) is 23.6 Å². The van der Waals surface area contributed by atoms with Gasteiger partial charge in [0.25, 0.3) is 5.91 Å². The van der Waals surface area contributed by atoms with Crippen LogP contribution in [0.15, 0.2) is 60.9 Å². The maximum absolute atomic E-state index is 13.4. The summed E-state index contributed by atoms with van der Waals surface area (Å²) in [5.74, 6) is -0.0139. The Morgan fingerprint density at radius 3 is 2.54 bits per heavy atom. The Hall–Kier alpha value is -2.92. The summed E-state index contributed by atoms with van der Waals surface area (Å²) in [4.78, 5) is 33.6. The van der Waals surface area contributed by atoms with Gasteiger partial charge in [0.15, 0.2) is 0 Å². The molecular formula is C22H18ClN3O2. The number of rotatable bonds is 2. The molecule has 0 radical (unpaired) electrons. The van der Waals surface area contributed by atoms with Crippen LogP contribution in [0.4, 0.5) is 10.5 Å². The number of anilines is 1. The number of fused-ring (bicyclic) bond motifs is 1. The van der Waals surface area contributed by atoms with Crippen molar-refractivity contribution in [2.45, 2.75) is 24.3 Å². The lowest BCUT2D eigenvalue weighted by Crippen LogP contribution is -2.56. The zero-order valence-electron chi connectivity index (χ0n) is 15.3. The van der Waals surface area contributed by atoms with E-state index in [2.05, 4.69) is 4.98 Å². The molecule has 0 atom stereocenters. The number of benzene rings is 2. The highest BCUT2D eigenvalue weighted by molar-refractivity contribution is 6.31. The van der Waals surface area contributed by atoms with Gasteiger partial charge in [-0.3, -0.25) is 9.78 Å². The highest BCUT2D eigenvalue weighted by Gasteiger charge is 2.63. The van der Waals surface area contributed by atoms with E-state index in [4.69, 9.17) is 11.6 Å². The molecular weight excluding hydrogens is 374 g/mol. The van der Waals surface area contributed by atoms with Gasteiger partial charge in [0.2, 0.25) is 0 Å². The van der Waals surface area contributed by atoms with Crippen LogP contribution in [0, 0.1) is 0 Å². The van der Waals surface area contributed by atoms with E-state index in [-0.39, 0.29) is 17.9 Å². The van der Waals surface area contributed by atoms with E-state index < -0.39 is 5.54 Å². The minimum Gasteiger partial charge on any atom is -0.312 e. The zero-order valence-corrected chi connectivity index (χ0v) is 16.1. The van der Waals surface area contributed by atoms with Gasteiger partial charge in [-0.25, -0.2) is 9.69 Å². The highest BCUT2D eigenvalue weighted by Crippen LogP contribution is 2.53. The minimum absolute atomic E-state index is 0.165. The van der Waals surface area contributed by atoms with Crippen LogP contribution in [-0.2, 0) is 4.79 Å². The number of nitrogens with zero attached hydrogens (tertiary/aromatic N) is 3. The number of amides is 3. The molecule has 3 aromatic rings. The van der Waals surface area contributed by atoms with Crippen LogP contribution in [0.1, 0.15) is 24.3 Å². The third kappa shape index (κ3) is 2.23. The molecule has 2 aromatic carbocycles. The predicted octanol–water partition coefficient (Wildman–Crippen LogP) is 4.60. The Kier molecular flexibility index (Phi) is 3.71. The number of urea groups is 1. The number of imide groups is 1.